The van der Waals surface area contributed by atoms with Crippen molar-refractivity contribution in [3.8, 4) is 23.0 Å². The Bertz CT molecular complexity index is 1760. The molecule has 4 aromatic rings. The quantitative estimate of drug-likeness (QED) is 0.291. The lowest BCUT2D eigenvalue weighted by molar-refractivity contribution is 0.0326. The van der Waals surface area contributed by atoms with E-state index in [4.69, 9.17) is 19.2 Å². The molecule has 3 fully saturated rings. The van der Waals surface area contributed by atoms with Crippen molar-refractivity contribution in [1.82, 2.24) is 25.2 Å². The van der Waals surface area contributed by atoms with E-state index in [-0.39, 0.29) is 51.6 Å². The van der Waals surface area contributed by atoms with Gasteiger partial charge in [-0.2, -0.15) is 9.97 Å². The van der Waals surface area contributed by atoms with Crippen LogP contribution in [0.4, 0.5) is 14.6 Å². The molecule has 3 saturated heterocycles. The standard InChI is InChI=1S/C33H36F2N6O4.C2H6/c34-26-5-1-4-20-12-22(42)13-24(27(20)26)29-28(35)30-25(15-37-29)31-39-32(38-30)45-19-33-6-2-8-41(33)17-23(14-33)44-11-3-10-43-18-21-16-40(31)9-7-36-21;1-2/h1,4-5,12-13,15,21,23,36,42H,2-3,6-11,14,16-19H2;1-2H3. The maximum absolute atomic E-state index is 16.7. The van der Waals surface area contributed by atoms with Crippen LogP contribution in [0.2, 0.25) is 0 Å². The second-order valence-electron chi connectivity index (χ2n) is 12.6. The number of hydrogen-bond acceptors (Lipinski definition) is 10. The van der Waals surface area contributed by atoms with E-state index in [1.165, 1.54) is 24.4 Å². The van der Waals surface area contributed by atoms with E-state index in [0.717, 1.165) is 38.8 Å². The van der Waals surface area contributed by atoms with E-state index in [1.807, 2.05) is 13.8 Å². The highest BCUT2D eigenvalue weighted by atomic mass is 19.1. The van der Waals surface area contributed by atoms with Crippen molar-refractivity contribution in [2.24, 2.45) is 0 Å². The summed E-state index contributed by atoms with van der Waals surface area (Å²) in [5, 5.41) is 15.0. The zero-order valence-corrected chi connectivity index (χ0v) is 27.0. The van der Waals surface area contributed by atoms with E-state index >= 15 is 8.78 Å². The van der Waals surface area contributed by atoms with Crippen LogP contribution in [0.5, 0.6) is 11.8 Å². The topological polar surface area (TPSA) is 105 Å². The Morgan fingerprint density at radius 2 is 1.96 bits per heavy atom. The third-order valence-corrected chi connectivity index (χ3v) is 9.71. The summed E-state index contributed by atoms with van der Waals surface area (Å²) in [4.78, 5) is 18.5. The highest BCUT2D eigenvalue weighted by Gasteiger charge is 2.49. The molecule has 3 unspecified atom stereocenters. The van der Waals surface area contributed by atoms with Crippen LogP contribution in [0.25, 0.3) is 32.9 Å². The molecule has 47 heavy (non-hydrogen) atoms. The fourth-order valence-corrected chi connectivity index (χ4v) is 7.61. The van der Waals surface area contributed by atoms with Crippen molar-refractivity contribution in [3.05, 3.63) is 48.2 Å². The molecule has 4 aliphatic heterocycles. The van der Waals surface area contributed by atoms with Gasteiger partial charge in [-0.3, -0.25) is 9.88 Å². The Kier molecular flexibility index (Phi) is 9.10. The summed E-state index contributed by atoms with van der Waals surface area (Å²) < 4.78 is 50.5. The molecular weight excluding hydrogens is 606 g/mol. The number of phenolic OH excluding ortho intramolecular Hbond substituents is 1. The number of anilines is 1. The summed E-state index contributed by atoms with van der Waals surface area (Å²) in [6.45, 7) is 9.93. The van der Waals surface area contributed by atoms with Gasteiger partial charge in [-0.1, -0.05) is 26.0 Å². The second kappa shape index (κ2) is 13.4. The van der Waals surface area contributed by atoms with Crippen molar-refractivity contribution >= 4 is 27.5 Å². The van der Waals surface area contributed by atoms with Crippen LogP contribution < -0.4 is 15.0 Å². The Balaban J connectivity index is 0.00000172. The van der Waals surface area contributed by atoms with Crippen molar-refractivity contribution < 1.29 is 28.1 Å². The van der Waals surface area contributed by atoms with Crippen LogP contribution in [-0.4, -0.2) is 102 Å². The van der Waals surface area contributed by atoms with Crippen molar-refractivity contribution in [2.45, 2.75) is 57.2 Å². The van der Waals surface area contributed by atoms with Crippen LogP contribution in [0.3, 0.4) is 0 Å². The number of aromatic hydroxyl groups is 1. The van der Waals surface area contributed by atoms with Crippen molar-refractivity contribution in [2.75, 3.05) is 64.1 Å². The molecule has 3 atom stereocenters. The van der Waals surface area contributed by atoms with Gasteiger partial charge in [0.1, 0.15) is 35.2 Å². The first-order valence-electron chi connectivity index (χ1n) is 16.8. The number of phenols is 1. The predicted octanol–water partition coefficient (Wildman–Crippen LogP) is 5.06. The molecule has 4 aliphatic rings. The third kappa shape index (κ3) is 6.08. The van der Waals surface area contributed by atoms with Gasteiger partial charge in [0.2, 0.25) is 0 Å². The number of ether oxygens (including phenoxy) is 3. The Labute approximate surface area is 273 Å². The van der Waals surface area contributed by atoms with Gasteiger partial charge >= 0.3 is 6.01 Å². The number of nitrogens with one attached hydrogen (secondary N) is 1. The average Bonchev–Trinajstić information content (AvgIpc) is 3.63. The lowest BCUT2D eigenvalue weighted by Crippen LogP contribution is -2.53. The molecule has 12 heteroatoms. The van der Waals surface area contributed by atoms with Gasteiger partial charge in [-0.05, 0) is 55.8 Å². The maximum atomic E-state index is 16.7. The van der Waals surface area contributed by atoms with Gasteiger partial charge in [0.15, 0.2) is 5.82 Å². The zero-order chi connectivity index (χ0) is 32.5. The van der Waals surface area contributed by atoms with E-state index in [2.05, 4.69) is 25.1 Å². The fourth-order valence-electron chi connectivity index (χ4n) is 7.61. The first-order chi connectivity index (χ1) is 23.0. The summed E-state index contributed by atoms with van der Waals surface area (Å²) in [5.41, 5.74) is -0.114. The summed E-state index contributed by atoms with van der Waals surface area (Å²) in [6.07, 6.45) is 5.40. The molecule has 10 nitrogen and oxygen atoms in total. The molecule has 0 saturated carbocycles. The molecule has 0 amide bonds. The number of benzene rings is 2. The lowest BCUT2D eigenvalue weighted by atomic mass is 9.94. The molecule has 0 radical (unpaired) electrons. The van der Waals surface area contributed by atoms with Crippen LogP contribution in [-0.2, 0) is 9.47 Å². The molecule has 8 rings (SSSR count). The van der Waals surface area contributed by atoms with E-state index in [9.17, 15) is 5.11 Å². The number of aromatic nitrogens is 3. The number of hydrogen-bond donors (Lipinski definition) is 2. The molecule has 0 aliphatic carbocycles. The molecule has 2 N–H and O–H groups in total. The minimum Gasteiger partial charge on any atom is -0.508 e. The van der Waals surface area contributed by atoms with Crippen LogP contribution >= 0.6 is 0 Å². The molecule has 2 aromatic carbocycles. The maximum Gasteiger partial charge on any atom is 0.319 e. The van der Waals surface area contributed by atoms with Crippen LogP contribution in [0, 0.1) is 11.6 Å². The SMILES string of the molecule is CC.Oc1cc(-c2ncc3c4nc(nc3c2F)OCC23CCCN2CC(C3)OCCCOCC2CN4CCN2)c2c(F)cccc2c1. The second-order valence-corrected chi connectivity index (χ2v) is 12.6. The zero-order valence-electron chi connectivity index (χ0n) is 27.0. The lowest BCUT2D eigenvalue weighted by Gasteiger charge is -2.35. The summed E-state index contributed by atoms with van der Waals surface area (Å²) in [5.74, 6) is -0.848. The molecule has 2 aromatic heterocycles. The van der Waals surface area contributed by atoms with Crippen molar-refractivity contribution in [3.63, 3.8) is 0 Å². The number of halogens is 2. The number of rotatable bonds is 1. The summed E-state index contributed by atoms with van der Waals surface area (Å²) in [6, 6.07) is 7.44. The van der Waals surface area contributed by atoms with E-state index < -0.39 is 11.6 Å². The monoisotopic (exact) mass is 648 g/mol. The average molecular weight is 649 g/mol. The minimum absolute atomic E-state index is 0.0329. The molecule has 250 valence electrons. The Morgan fingerprint density at radius 1 is 1.06 bits per heavy atom. The normalized spacial score (nSPS) is 25.1. The first-order valence-corrected chi connectivity index (χ1v) is 16.8. The van der Waals surface area contributed by atoms with Gasteiger partial charge in [0.25, 0.3) is 0 Å². The first kappa shape index (κ1) is 31.9. The Morgan fingerprint density at radius 3 is 2.85 bits per heavy atom. The van der Waals surface area contributed by atoms with Gasteiger partial charge in [0.05, 0.1) is 23.6 Å². The van der Waals surface area contributed by atoms with Gasteiger partial charge in [-0.25, -0.2) is 8.78 Å². The molecule has 6 heterocycles. The summed E-state index contributed by atoms with van der Waals surface area (Å²) >= 11 is 0. The smallest absolute Gasteiger partial charge is 0.319 e. The predicted molar refractivity (Wildman–Crippen MR) is 176 cm³/mol. The van der Waals surface area contributed by atoms with Gasteiger partial charge in [-0.15, -0.1) is 0 Å². The highest BCUT2D eigenvalue weighted by molar-refractivity contribution is 6.00. The van der Waals surface area contributed by atoms with Crippen LogP contribution in [0.15, 0.2) is 36.5 Å². The highest BCUT2D eigenvalue weighted by Crippen LogP contribution is 2.41. The number of nitrogens with zero attached hydrogens (tertiary/aromatic N) is 5. The number of pyridine rings is 1. The van der Waals surface area contributed by atoms with Gasteiger partial charge < -0.3 is 29.5 Å². The largest absolute Gasteiger partial charge is 0.508 e. The molecule has 6 bridgehead atoms. The summed E-state index contributed by atoms with van der Waals surface area (Å²) in [7, 11) is 0. The minimum atomic E-state index is -0.730. The van der Waals surface area contributed by atoms with Crippen molar-refractivity contribution in [1.29, 1.82) is 0 Å². The van der Waals surface area contributed by atoms with E-state index in [1.54, 1.807) is 12.1 Å². The van der Waals surface area contributed by atoms with Gasteiger partial charge in [0, 0.05) is 62.6 Å². The molecular formula is C35H42F2N6O4. The fraction of sp³-hybridized carbons (Fsp3) is 0.514. The number of piperazine rings is 1. The van der Waals surface area contributed by atoms with E-state index in [0.29, 0.717) is 62.7 Å². The Hall–Kier alpha value is -3.71. The molecule has 1 spiro atoms. The third-order valence-electron chi connectivity index (χ3n) is 9.71. The van der Waals surface area contributed by atoms with Crippen LogP contribution in [0.1, 0.15) is 39.5 Å². The number of fused-ring (bicyclic) bond motifs is 9.